The van der Waals surface area contributed by atoms with Gasteiger partial charge in [0.15, 0.2) is 5.76 Å². The maximum atomic E-state index is 12.9. The van der Waals surface area contributed by atoms with Crippen LogP contribution in [-0.2, 0) is 12.7 Å². The topological polar surface area (TPSA) is 32.5 Å². The Hall–Kier alpha value is -2.32. The van der Waals surface area contributed by atoms with Gasteiger partial charge in [-0.15, -0.1) is 11.3 Å². The molecule has 3 heterocycles. The van der Waals surface area contributed by atoms with Crippen molar-refractivity contribution >= 4 is 17.0 Å². The van der Waals surface area contributed by atoms with Crippen LogP contribution >= 0.6 is 11.3 Å². The van der Waals surface area contributed by atoms with Crippen LogP contribution in [0.5, 0.6) is 0 Å². The predicted octanol–water partition coefficient (Wildman–Crippen LogP) is 4.74. The van der Waals surface area contributed by atoms with E-state index in [-0.39, 0.29) is 0 Å². The molecule has 27 heavy (non-hydrogen) atoms. The van der Waals surface area contributed by atoms with Crippen LogP contribution in [-0.4, -0.2) is 36.2 Å². The fraction of sp³-hybridized carbons (Fsp3) is 0.316. The zero-order chi connectivity index (χ0) is 18.9. The molecule has 4 nitrogen and oxygen atoms in total. The lowest BCUT2D eigenvalue weighted by atomic mass is 10.1. The van der Waals surface area contributed by atoms with Crippen molar-refractivity contribution < 1.29 is 17.7 Å². The van der Waals surface area contributed by atoms with E-state index >= 15 is 0 Å². The van der Waals surface area contributed by atoms with E-state index in [4.69, 9.17) is 4.52 Å². The van der Waals surface area contributed by atoms with E-state index in [9.17, 15) is 13.2 Å². The molecular formula is C19H18F3N3OS. The number of anilines is 1. The number of hydrogen-bond donors (Lipinski definition) is 0. The summed E-state index contributed by atoms with van der Waals surface area (Å²) in [5, 5.41) is 6.12. The molecule has 0 aliphatic carbocycles. The Labute approximate surface area is 158 Å². The van der Waals surface area contributed by atoms with Gasteiger partial charge in [-0.1, -0.05) is 17.3 Å². The average molecular weight is 393 g/mol. The van der Waals surface area contributed by atoms with Crippen LogP contribution in [0.4, 0.5) is 18.9 Å². The summed E-state index contributed by atoms with van der Waals surface area (Å²) in [6.07, 6.45) is -4.31. The molecular weight excluding hydrogens is 375 g/mol. The Morgan fingerprint density at radius 2 is 1.85 bits per heavy atom. The molecule has 8 heteroatoms. The zero-order valence-corrected chi connectivity index (χ0v) is 15.3. The maximum absolute atomic E-state index is 12.9. The van der Waals surface area contributed by atoms with E-state index in [1.165, 1.54) is 12.1 Å². The zero-order valence-electron chi connectivity index (χ0n) is 14.4. The van der Waals surface area contributed by atoms with Crippen LogP contribution < -0.4 is 4.90 Å². The van der Waals surface area contributed by atoms with Crippen LogP contribution in [0.2, 0.25) is 0 Å². The normalized spacial score (nSPS) is 16.0. The first-order valence-electron chi connectivity index (χ1n) is 8.63. The summed E-state index contributed by atoms with van der Waals surface area (Å²) < 4.78 is 44.1. The minimum absolute atomic E-state index is 0.605. The molecule has 1 aromatic carbocycles. The third kappa shape index (κ3) is 4.17. The Morgan fingerprint density at radius 1 is 1.04 bits per heavy atom. The van der Waals surface area contributed by atoms with Gasteiger partial charge in [0, 0.05) is 44.5 Å². The van der Waals surface area contributed by atoms with Crippen LogP contribution in [0.1, 0.15) is 11.3 Å². The number of halogens is 3. The molecule has 0 radical (unpaired) electrons. The molecule has 4 rings (SSSR count). The summed E-state index contributed by atoms with van der Waals surface area (Å²) >= 11 is 1.60. The second-order valence-corrected chi connectivity index (χ2v) is 7.42. The second-order valence-electron chi connectivity index (χ2n) is 6.47. The highest BCUT2D eigenvalue weighted by atomic mass is 32.1. The molecule has 0 amide bonds. The average Bonchev–Trinajstić information content (AvgIpc) is 3.33. The molecule has 1 aliphatic rings. The molecule has 1 fully saturated rings. The molecule has 0 atom stereocenters. The Kier molecular flexibility index (Phi) is 4.92. The first-order valence-corrected chi connectivity index (χ1v) is 9.51. The van der Waals surface area contributed by atoms with Crippen molar-refractivity contribution in [3.05, 3.63) is 59.1 Å². The van der Waals surface area contributed by atoms with Gasteiger partial charge in [-0.2, -0.15) is 13.2 Å². The van der Waals surface area contributed by atoms with E-state index < -0.39 is 11.7 Å². The number of alkyl halides is 3. The summed E-state index contributed by atoms with van der Waals surface area (Å²) in [6.45, 7) is 3.55. The number of nitrogens with zero attached hydrogens (tertiary/aromatic N) is 3. The lowest BCUT2D eigenvalue weighted by molar-refractivity contribution is -0.137. The van der Waals surface area contributed by atoms with Crippen molar-refractivity contribution in [3.8, 4) is 10.6 Å². The Morgan fingerprint density at radius 3 is 2.56 bits per heavy atom. The second kappa shape index (κ2) is 7.36. The van der Waals surface area contributed by atoms with Gasteiger partial charge in [0.2, 0.25) is 0 Å². The lowest BCUT2D eigenvalue weighted by Gasteiger charge is -2.35. The first-order chi connectivity index (χ1) is 13.0. The minimum atomic E-state index is -4.31. The molecule has 142 valence electrons. The van der Waals surface area contributed by atoms with Crippen molar-refractivity contribution in [1.29, 1.82) is 0 Å². The summed E-state index contributed by atoms with van der Waals surface area (Å²) in [4.78, 5) is 5.27. The predicted molar refractivity (Wildman–Crippen MR) is 98.8 cm³/mol. The van der Waals surface area contributed by atoms with Gasteiger partial charge in [0.1, 0.15) is 0 Å². The third-order valence-corrected chi connectivity index (χ3v) is 5.50. The van der Waals surface area contributed by atoms with Gasteiger partial charge >= 0.3 is 6.18 Å². The van der Waals surface area contributed by atoms with Crippen molar-refractivity contribution in [2.24, 2.45) is 0 Å². The quantitative estimate of drug-likeness (QED) is 0.641. The van der Waals surface area contributed by atoms with Crippen molar-refractivity contribution in [3.63, 3.8) is 0 Å². The summed E-state index contributed by atoms with van der Waals surface area (Å²) in [6, 6.07) is 11.4. The largest absolute Gasteiger partial charge is 0.416 e. The monoisotopic (exact) mass is 393 g/mol. The van der Waals surface area contributed by atoms with Crippen LogP contribution in [0.25, 0.3) is 10.6 Å². The Balaban J connectivity index is 1.36. The number of aromatic nitrogens is 1. The standard InChI is InChI=1S/C19H18F3N3OS/c20-19(21,22)14-3-1-4-16(11-14)25-8-6-24(7-9-25)13-15-12-17(26-23-15)18-5-2-10-27-18/h1-5,10-12H,6-9,13H2. The molecule has 0 spiro atoms. The first kappa shape index (κ1) is 18.1. The van der Waals surface area contributed by atoms with Crippen molar-refractivity contribution in [2.75, 3.05) is 31.1 Å². The van der Waals surface area contributed by atoms with E-state index in [1.807, 2.05) is 28.5 Å². The Bertz CT molecular complexity index is 884. The maximum Gasteiger partial charge on any atom is 0.416 e. The summed E-state index contributed by atoms with van der Waals surface area (Å²) in [7, 11) is 0. The number of thiophene rings is 1. The molecule has 3 aromatic rings. The molecule has 0 bridgehead atoms. The van der Waals surface area contributed by atoms with Crippen LogP contribution in [0.15, 0.2) is 52.4 Å². The smallest absolute Gasteiger partial charge is 0.369 e. The van der Waals surface area contributed by atoms with Gasteiger partial charge in [-0.25, -0.2) is 0 Å². The molecule has 0 saturated carbocycles. The summed E-state index contributed by atoms with van der Waals surface area (Å²) in [5.41, 5.74) is 0.878. The van der Waals surface area contributed by atoms with Gasteiger partial charge in [-0.05, 0) is 29.6 Å². The lowest BCUT2D eigenvalue weighted by Crippen LogP contribution is -2.46. The molecule has 2 aromatic heterocycles. The van der Waals surface area contributed by atoms with E-state index in [0.29, 0.717) is 25.3 Å². The highest BCUT2D eigenvalue weighted by Crippen LogP contribution is 2.32. The molecule has 0 unspecified atom stereocenters. The molecule has 1 saturated heterocycles. The fourth-order valence-corrected chi connectivity index (χ4v) is 3.87. The van der Waals surface area contributed by atoms with Gasteiger partial charge in [0.25, 0.3) is 0 Å². The van der Waals surface area contributed by atoms with E-state index in [1.54, 1.807) is 17.4 Å². The SMILES string of the molecule is FC(F)(F)c1cccc(N2CCN(Cc3cc(-c4cccs4)on3)CC2)c1. The van der Waals surface area contributed by atoms with E-state index in [0.717, 1.165) is 35.5 Å². The van der Waals surface area contributed by atoms with E-state index in [2.05, 4.69) is 10.1 Å². The number of rotatable bonds is 4. The summed E-state index contributed by atoms with van der Waals surface area (Å²) in [5.74, 6) is 0.766. The third-order valence-electron chi connectivity index (χ3n) is 4.62. The van der Waals surface area contributed by atoms with Gasteiger partial charge < -0.3 is 9.42 Å². The van der Waals surface area contributed by atoms with Gasteiger partial charge in [0.05, 0.1) is 16.1 Å². The van der Waals surface area contributed by atoms with Crippen molar-refractivity contribution in [1.82, 2.24) is 10.1 Å². The van der Waals surface area contributed by atoms with Crippen LogP contribution in [0.3, 0.4) is 0 Å². The minimum Gasteiger partial charge on any atom is -0.369 e. The number of benzene rings is 1. The number of hydrogen-bond acceptors (Lipinski definition) is 5. The highest BCUT2D eigenvalue weighted by Gasteiger charge is 2.31. The van der Waals surface area contributed by atoms with Gasteiger partial charge in [-0.3, -0.25) is 4.90 Å². The number of piperazine rings is 1. The fourth-order valence-electron chi connectivity index (χ4n) is 3.19. The molecule has 0 N–H and O–H groups in total. The van der Waals surface area contributed by atoms with Crippen molar-refractivity contribution in [2.45, 2.75) is 12.7 Å². The molecule has 1 aliphatic heterocycles. The highest BCUT2D eigenvalue weighted by molar-refractivity contribution is 7.13. The van der Waals surface area contributed by atoms with Crippen LogP contribution in [0, 0.1) is 0 Å².